The van der Waals surface area contributed by atoms with Crippen molar-refractivity contribution in [3.05, 3.63) is 16.1 Å². The first-order chi connectivity index (χ1) is 8.71. The van der Waals surface area contributed by atoms with Crippen LogP contribution in [-0.4, -0.2) is 31.6 Å². The third kappa shape index (κ3) is 6.22. The zero-order valence-corrected chi connectivity index (χ0v) is 14.4. The molecule has 0 saturated carbocycles. The largest absolute Gasteiger partial charge is 0.375 e. The molecule has 1 unspecified atom stereocenters. The van der Waals surface area contributed by atoms with Crippen LogP contribution in [0.2, 0.25) is 0 Å². The molecule has 0 aliphatic carbocycles. The summed E-state index contributed by atoms with van der Waals surface area (Å²) in [6.45, 7) is 3.03. The van der Waals surface area contributed by atoms with Crippen molar-refractivity contribution in [2.75, 3.05) is 20.7 Å². The number of nitrogens with zero attached hydrogens (tertiary/aromatic N) is 2. The predicted octanol–water partition coefficient (Wildman–Crippen LogP) is 1.77. The number of terminal acetylenes is 1. The predicted molar refractivity (Wildman–Crippen MR) is 90.0 cm³/mol. The second kappa shape index (κ2) is 10.00. The Kier molecular flexibility index (Phi) is 9.55. The molecule has 1 atom stereocenters. The van der Waals surface area contributed by atoms with Crippen LogP contribution in [0.4, 0.5) is 0 Å². The third-order valence-electron chi connectivity index (χ3n) is 2.29. The van der Waals surface area contributed by atoms with Gasteiger partial charge in [0.05, 0.1) is 18.8 Å². The van der Waals surface area contributed by atoms with Crippen LogP contribution in [0.1, 0.15) is 23.7 Å². The lowest BCUT2D eigenvalue weighted by Gasteiger charge is -2.08. The molecule has 0 saturated heterocycles. The maximum atomic E-state index is 5.22. The van der Waals surface area contributed by atoms with E-state index in [1.165, 1.54) is 0 Å². The monoisotopic (exact) mass is 394 g/mol. The van der Waals surface area contributed by atoms with Crippen LogP contribution in [0, 0.1) is 12.3 Å². The molecular weight excluding hydrogens is 375 g/mol. The number of ether oxygens (including phenoxy) is 1. The molecule has 0 amide bonds. The summed E-state index contributed by atoms with van der Waals surface area (Å²) in [6, 6.07) is 0. The van der Waals surface area contributed by atoms with Gasteiger partial charge < -0.3 is 15.4 Å². The molecule has 0 spiro atoms. The molecular formula is C12H19IN4OS. The number of aromatic nitrogens is 1. The summed E-state index contributed by atoms with van der Waals surface area (Å²) in [5.41, 5.74) is 0.961. The molecule has 5 nitrogen and oxygen atoms in total. The number of rotatable bonds is 5. The van der Waals surface area contributed by atoms with E-state index in [0.29, 0.717) is 19.0 Å². The molecule has 2 N–H and O–H groups in total. The number of thiazole rings is 1. The van der Waals surface area contributed by atoms with Gasteiger partial charge in [-0.15, -0.1) is 41.7 Å². The van der Waals surface area contributed by atoms with Gasteiger partial charge in [0.25, 0.3) is 0 Å². The molecule has 1 heterocycles. The molecule has 7 heteroatoms. The molecule has 19 heavy (non-hydrogen) atoms. The average molecular weight is 394 g/mol. The van der Waals surface area contributed by atoms with E-state index < -0.39 is 0 Å². The van der Waals surface area contributed by atoms with Crippen molar-refractivity contribution < 1.29 is 4.74 Å². The van der Waals surface area contributed by atoms with Crippen molar-refractivity contribution in [2.45, 2.75) is 19.6 Å². The maximum absolute atomic E-state index is 5.22. The van der Waals surface area contributed by atoms with Gasteiger partial charge in [0.15, 0.2) is 5.96 Å². The summed E-state index contributed by atoms with van der Waals surface area (Å²) in [4.78, 5) is 8.52. The second-order valence-corrected chi connectivity index (χ2v) is 4.43. The minimum Gasteiger partial charge on any atom is -0.375 e. The first-order valence-corrected chi connectivity index (χ1v) is 6.44. The van der Waals surface area contributed by atoms with Crippen LogP contribution >= 0.6 is 35.3 Å². The first kappa shape index (κ1) is 18.1. The van der Waals surface area contributed by atoms with E-state index in [1.807, 2.05) is 12.3 Å². The Morgan fingerprint density at radius 1 is 1.63 bits per heavy atom. The molecule has 0 aromatic carbocycles. The van der Waals surface area contributed by atoms with Gasteiger partial charge in [0, 0.05) is 19.5 Å². The van der Waals surface area contributed by atoms with Gasteiger partial charge in [-0.2, -0.15) is 0 Å². The van der Waals surface area contributed by atoms with Gasteiger partial charge in [-0.05, 0) is 6.92 Å². The highest BCUT2D eigenvalue weighted by molar-refractivity contribution is 14.0. The Hall–Kier alpha value is -0.850. The Labute approximate surface area is 135 Å². The van der Waals surface area contributed by atoms with Gasteiger partial charge >= 0.3 is 0 Å². The van der Waals surface area contributed by atoms with Crippen LogP contribution in [0.15, 0.2) is 10.4 Å². The highest BCUT2D eigenvalue weighted by Crippen LogP contribution is 2.20. The minimum atomic E-state index is 0. The Morgan fingerprint density at radius 2 is 2.37 bits per heavy atom. The van der Waals surface area contributed by atoms with E-state index in [9.17, 15) is 0 Å². The van der Waals surface area contributed by atoms with Crippen molar-refractivity contribution in [3.8, 4) is 12.3 Å². The molecule has 0 aliphatic rings. The summed E-state index contributed by atoms with van der Waals surface area (Å²) < 4.78 is 5.22. The Balaban J connectivity index is 0.00000324. The molecule has 106 valence electrons. The molecule has 0 radical (unpaired) electrons. The number of nitrogens with one attached hydrogen (secondary N) is 2. The summed E-state index contributed by atoms with van der Waals surface area (Å²) in [5, 5.41) is 9.10. The van der Waals surface area contributed by atoms with Crippen molar-refractivity contribution >= 4 is 41.3 Å². The van der Waals surface area contributed by atoms with Gasteiger partial charge in [-0.1, -0.05) is 5.92 Å². The maximum Gasteiger partial charge on any atom is 0.192 e. The normalized spacial score (nSPS) is 12.2. The SMILES string of the molecule is C#CCNC(=NC)NCc1csc(C(C)OC)n1.I. The van der Waals surface area contributed by atoms with Crippen LogP contribution in [0.25, 0.3) is 0 Å². The van der Waals surface area contributed by atoms with Gasteiger partial charge in [0.2, 0.25) is 0 Å². The first-order valence-electron chi connectivity index (χ1n) is 5.56. The van der Waals surface area contributed by atoms with E-state index in [1.54, 1.807) is 25.5 Å². The fourth-order valence-corrected chi connectivity index (χ4v) is 2.07. The lowest BCUT2D eigenvalue weighted by atomic mass is 10.4. The summed E-state index contributed by atoms with van der Waals surface area (Å²) >= 11 is 1.59. The number of halogens is 1. The molecule has 0 fully saturated rings. The molecule has 0 bridgehead atoms. The smallest absolute Gasteiger partial charge is 0.192 e. The summed E-state index contributed by atoms with van der Waals surface area (Å²) in [5.74, 6) is 3.16. The van der Waals surface area contributed by atoms with E-state index in [2.05, 4.69) is 26.5 Å². The number of hydrogen-bond acceptors (Lipinski definition) is 4. The Morgan fingerprint density at radius 3 is 2.95 bits per heavy atom. The van der Waals surface area contributed by atoms with Gasteiger partial charge in [0.1, 0.15) is 11.1 Å². The quantitative estimate of drug-likeness (QED) is 0.346. The van der Waals surface area contributed by atoms with E-state index in [-0.39, 0.29) is 30.1 Å². The zero-order chi connectivity index (χ0) is 13.4. The van der Waals surface area contributed by atoms with Crippen LogP contribution < -0.4 is 10.6 Å². The van der Waals surface area contributed by atoms with Crippen LogP contribution in [0.3, 0.4) is 0 Å². The van der Waals surface area contributed by atoms with Crippen LogP contribution in [0.5, 0.6) is 0 Å². The van der Waals surface area contributed by atoms with Crippen LogP contribution in [-0.2, 0) is 11.3 Å². The number of hydrogen-bond donors (Lipinski definition) is 2. The van der Waals surface area contributed by atoms with Crippen molar-refractivity contribution in [2.24, 2.45) is 4.99 Å². The van der Waals surface area contributed by atoms with Crippen molar-refractivity contribution in [1.29, 1.82) is 0 Å². The fraction of sp³-hybridized carbons (Fsp3) is 0.500. The molecule has 0 aliphatic heterocycles. The lowest BCUT2D eigenvalue weighted by Crippen LogP contribution is -2.37. The fourth-order valence-electron chi connectivity index (χ4n) is 1.22. The molecule has 1 aromatic rings. The van der Waals surface area contributed by atoms with E-state index in [4.69, 9.17) is 11.2 Å². The van der Waals surface area contributed by atoms with E-state index in [0.717, 1.165) is 10.7 Å². The standard InChI is InChI=1S/C12H18N4OS.HI/c1-5-6-14-12(13-3)15-7-10-8-18-11(16-10)9(2)17-4;/h1,8-9H,6-7H2,2-4H3,(H2,13,14,15);1H. The van der Waals surface area contributed by atoms with E-state index >= 15 is 0 Å². The minimum absolute atomic E-state index is 0. The summed E-state index contributed by atoms with van der Waals surface area (Å²) in [7, 11) is 3.38. The topological polar surface area (TPSA) is 58.5 Å². The number of aliphatic imine (C=N–C) groups is 1. The molecule has 1 aromatic heterocycles. The average Bonchev–Trinajstić information content (AvgIpc) is 2.87. The third-order valence-corrected chi connectivity index (χ3v) is 3.34. The zero-order valence-electron chi connectivity index (χ0n) is 11.3. The van der Waals surface area contributed by atoms with Gasteiger partial charge in [-0.3, -0.25) is 4.99 Å². The second-order valence-electron chi connectivity index (χ2n) is 3.54. The lowest BCUT2D eigenvalue weighted by molar-refractivity contribution is 0.119. The Bertz CT molecular complexity index is 441. The summed E-state index contributed by atoms with van der Waals surface area (Å²) in [6.07, 6.45) is 5.20. The highest BCUT2D eigenvalue weighted by atomic mass is 127. The van der Waals surface area contributed by atoms with Crippen molar-refractivity contribution in [3.63, 3.8) is 0 Å². The number of methoxy groups -OCH3 is 1. The number of guanidine groups is 1. The van der Waals surface area contributed by atoms with Gasteiger partial charge in [-0.25, -0.2) is 4.98 Å². The molecule has 1 rings (SSSR count). The van der Waals surface area contributed by atoms with Crippen molar-refractivity contribution in [1.82, 2.24) is 15.6 Å². The highest BCUT2D eigenvalue weighted by Gasteiger charge is 2.09.